The number of hydrogen-bond acceptors (Lipinski definition) is 5. The molecule has 0 aromatic carbocycles. The maximum absolute atomic E-state index is 12.4. The van der Waals surface area contributed by atoms with E-state index in [2.05, 4.69) is 17.0 Å². The van der Waals surface area contributed by atoms with Crippen LogP contribution in [0.25, 0.3) is 0 Å². The molecule has 1 atom stereocenters. The number of ether oxygens (including phenoxy) is 1. The molecule has 0 fully saturated rings. The van der Waals surface area contributed by atoms with Gasteiger partial charge in [-0.1, -0.05) is 20.3 Å². The zero-order valence-corrected chi connectivity index (χ0v) is 14.6. The van der Waals surface area contributed by atoms with Gasteiger partial charge in [-0.2, -0.15) is 0 Å². The number of nitrogens with one attached hydrogen (secondary N) is 2. The second-order valence-corrected chi connectivity index (χ2v) is 8.07. The van der Waals surface area contributed by atoms with Crippen molar-refractivity contribution in [2.45, 2.75) is 49.9 Å². The van der Waals surface area contributed by atoms with Gasteiger partial charge in [0, 0.05) is 24.6 Å². The minimum Gasteiger partial charge on any atom is -0.383 e. The van der Waals surface area contributed by atoms with Crippen LogP contribution >= 0.6 is 11.3 Å². The van der Waals surface area contributed by atoms with Gasteiger partial charge >= 0.3 is 0 Å². The van der Waals surface area contributed by atoms with E-state index in [-0.39, 0.29) is 6.04 Å². The molecule has 1 unspecified atom stereocenters. The molecule has 0 aliphatic carbocycles. The van der Waals surface area contributed by atoms with E-state index >= 15 is 0 Å². The van der Waals surface area contributed by atoms with Crippen molar-refractivity contribution in [1.29, 1.82) is 0 Å². The highest BCUT2D eigenvalue weighted by molar-refractivity contribution is 7.91. The van der Waals surface area contributed by atoms with E-state index < -0.39 is 10.0 Å². The quantitative estimate of drug-likeness (QED) is 0.610. The number of thiophene rings is 1. The van der Waals surface area contributed by atoms with Crippen molar-refractivity contribution in [2.75, 3.05) is 20.3 Å². The zero-order valence-electron chi connectivity index (χ0n) is 13.0. The zero-order chi connectivity index (χ0) is 15.7. The van der Waals surface area contributed by atoms with Gasteiger partial charge in [0.2, 0.25) is 10.0 Å². The molecule has 122 valence electrons. The molecule has 0 saturated carbocycles. The smallest absolute Gasteiger partial charge is 0.250 e. The van der Waals surface area contributed by atoms with Crippen LogP contribution in [0.3, 0.4) is 0 Å². The molecule has 5 nitrogen and oxygen atoms in total. The van der Waals surface area contributed by atoms with Crippen LogP contribution in [0.4, 0.5) is 0 Å². The van der Waals surface area contributed by atoms with Crippen LogP contribution in [-0.2, 0) is 21.3 Å². The highest BCUT2D eigenvalue weighted by Crippen LogP contribution is 2.22. The Hall–Kier alpha value is -0.470. The molecule has 21 heavy (non-hydrogen) atoms. The summed E-state index contributed by atoms with van der Waals surface area (Å²) in [7, 11) is -1.87. The van der Waals surface area contributed by atoms with E-state index in [0.717, 1.165) is 30.7 Å². The first-order chi connectivity index (χ1) is 10.0. The van der Waals surface area contributed by atoms with E-state index in [1.54, 1.807) is 13.2 Å². The van der Waals surface area contributed by atoms with Crippen LogP contribution in [0.5, 0.6) is 0 Å². The van der Waals surface area contributed by atoms with Gasteiger partial charge < -0.3 is 10.1 Å². The summed E-state index contributed by atoms with van der Waals surface area (Å²) in [4.78, 5) is 1.03. The van der Waals surface area contributed by atoms with Gasteiger partial charge in [0.1, 0.15) is 4.21 Å². The summed E-state index contributed by atoms with van der Waals surface area (Å²) in [5.74, 6) is 0. The molecule has 2 N–H and O–H groups in total. The molecule has 1 aromatic rings. The van der Waals surface area contributed by atoms with Crippen LogP contribution in [0, 0.1) is 0 Å². The van der Waals surface area contributed by atoms with Crippen LogP contribution in [0.15, 0.2) is 16.3 Å². The summed E-state index contributed by atoms with van der Waals surface area (Å²) in [5, 5.41) is 3.27. The van der Waals surface area contributed by atoms with Crippen molar-refractivity contribution in [2.24, 2.45) is 0 Å². The van der Waals surface area contributed by atoms with Crippen molar-refractivity contribution in [3.8, 4) is 0 Å². The summed E-state index contributed by atoms with van der Waals surface area (Å²) in [6.07, 6.45) is 2.74. The average Bonchev–Trinajstić information content (AvgIpc) is 2.89. The summed E-state index contributed by atoms with van der Waals surface area (Å²) < 4.78 is 32.9. The average molecular weight is 335 g/mol. The van der Waals surface area contributed by atoms with Gasteiger partial charge in [-0.15, -0.1) is 11.3 Å². The molecular formula is C14H26N2O3S2. The molecule has 1 heterocycles. The van der Waals surface area contributed by atoms with Gasteiger partial charge in [-0.05, 0) is 31.5 Å². The molecule has 0 aliphatic heterocycles. The monoisotopic (exact) mass is 334 g/mol. The predicted molar refractivity (Wildman–Crippen MR) is 87.2 cm³/mol. The van der Waals surface area contributed by atoms with E-state index in [1.165, 1.54) is 11.3 Å². The normalized spacial score (nSPS) is 13.5. The molecule has 0 radical (unpaired) electrons. The fraction of sp³-hybridized carbons (Fsp3) is 0.714. The Morgan fingerprint density at radius 2 is 2.05 bits per heavy atom. The highest BCUT2D eigenvalue weighted by Gasteiger charge is 2.21. The van der Waals surface area contributed by atoms with Crippen molar-refractivity contribution in [3.05, 3.63) is 17.0 Å². The Labute approximate surface area is 132 Å². The molecule has 0 saturated heterocycles. The van der Waals surface area contributed by atoms with Gasteiger partial charge in [-0.25, -0.2) is 13.1 Å². The van der Waals surface area contributed by atoms with Crippen molar-refractivity contribution < 1.29 is 13.2 Å². The number of rotatable bonds is 11. The largest absolute Gasteiger partial charge is 0.383 e. The van der Waals surface area contributed by atoms with Gasteiger partial charge in [0.25, 0.3) is 0 Å². The molecule has 7 heteroatoms. The minimum atomic E-state index is -3.45. The van der Waals surface area contributed by atoms with Crippen molar-refractivity contribution >= 4 is 21.4 Å². The first kappa shape index (κ1) is 18.6. The van der Waals surface area contributed by atoms with E-state index in [1.807, 2.05) is 13.0 Å². The number of methoxy groups -OCH3 is 1. The molecule has 0 amide bonds. The third kappa shape index (κ3) is 6.44. The third-order valence-corrected chi connectivity index (χ3v) is 6.05. The lowest BCUT2D eigenvalue weighted by molar-refractivity contribution is 0.171. The SMILES string of the molecule is CCCNCc1ccc(S(=O)(=O)NC(CCC)COC)s1. The van der Waals surface area contributed by atoms with Crippen LogP contribution in [-0.4, -0.2) is 34.7 Å². The van der Waals surface area contributed by atoms with Gasteiger partial charge in [-0.3, -0.25) is 0 Å². The Balaban J connectivity index is 2.68. The standard InChI is InChI=1S/C14H26N2O3S2/c1-4-6-12(11-19-3)16-21(17,18)14-8-7-13(20-14)10-15-9-5-2/h7-8,12,15-16H,4-6,9-11H2,1-3H3. The van der Waals surface area contributed by atoms with E-state index in [9.17, 15) is 8.42 Å². The van der Waals surface area contributed by atoms with E-state index in [4.69, 9.17) is 4.74 Å². The second kappa shape index (κ2) is 9.53. The molecular weight excluding hydrogens is 308 g/mol. The molecule has 1 rings (SSSR count). The second-order valence-electron chi connectivity index (χ2n) is 4.96. The number of sulfonamides is 1. The summed E-state index contributed by atoms with van der Waals surface area (Å²) in [6, 6.07) is 3.37. The topological polar surface area (TPSA) is 67.4 Å². The van der Waals surface area contributed by atoms with Gasteiger partial charge in [0.05, 0.1) is 6.61 Å². The Kier molecular flexibility index (Phi) is 8.43. The number of hydrogen-bond donors (Lipinski definition) is 2. The lowest BCUT2D eigenvalue weighted by atomic mass is 10.2. The minimum absolute atomic E-state index is 0.172. The third-order valence-electron chi connectivity index (χ3n) is 2.95. The molecule has 0 bridgehead atoms. The van der Waals surface area contributed by atoms with Gasteiger partial charge in [0.15, 0.2) is 0 Å². The molecule has 1 aromatic heterocycles. The Bertz CT molecular complexity index is 494. The summed E-state index contributed by atoms with van der Waals surface area (Å²) in [5.41, 5.74) is 0. The lowest BCUT2D eigenvalue weighted by Gasteiger charge is -2.16. The summed E-state index contributed by atoms with van der Waals surface area (Å²) in [6.45, 7) is 6.17. The van der Waals surface area contributed by atoms with Crippen molar-refractivity contribution in [1.82, 2.24) is 10.0 Å². The first-order valence-corrected chi connectivity index (χ1v) is 9.64. The Morgan fingerprint density at radius 1 is 1.29 bits per heavy atom. The van der Waals surface area contributed by atoms with E-state index in [0.29, 0.717) is 17.4 Å². The van der Waals surface area contributed by atoms with Crippen molar-refractivity contribution in [3.63, 3.8) is 0 Å². The fourth-order valence-electron chi connectivity index (χ4n) is 1.99. The van der Waals surface area contributed by atoms with Crippen LogP contribution in [0.1, 0.15) is 38.0 Å². The fourth-order valence-corrected chi connectivity index (χ4v) is 4.59. The lowest BCUT2D eigenvalue weighted by Crippen LogP contribution is -2.37. The first-order valence-electron chi connectivity index (χ1n) is 7.34. The predicted octanol–water partition coefficient (Wildman–Crippen LogP) is 2.34. The summed E-state index contributed by atoms with van der Waals surface area (Å²) >= 11 is 1.31. The molecule has 0 aliphatic rings. The maximum atomic E-state index is 12.4. The highest BCUT2D eigenvalue weighted by atomic mass is 32.2. The van der Waals surface area contributed by atoms with Crippen LogP contribution in [0.2, 0.25) is 0 Å². The maximum Gasteiger partial charge on any atom is 0.250 e. The van der Waals surface area contributed by atoms with Crippen LogP contribution < -0.4 is 10.0 Å². The molecule has 0 spiro atoms. The Morgan fingerprint density at radius 3 is 2.67 bits per heavy atom.